The van der Waals surface area contributed by atoms with E-state index in [1.54, 1.807) is 24.3 Å². The van der Waals surface area contributed by atoms with E-state index >= 15 is 0 Å². The Morgan fingerprint density at radius 3 is 1.45 bits per heavy atom. The van der Waals surface area contributed by atoms with Gasteiger partial charge in [-0.15, -0.1) is 0 Å². The van der Waals surface area contributed by atoms with Gasteiger partial charge < -0.3 is 37.4 Å². The smallest absolute Gasteiger partial charge is 0.307 e. The number of rotatable bonds is 15. The molecule has 324 valence electrons. The number of benzene rings is 4. The highest BCUT2D eigenvalue weighted by Gasteiger charge is 2.56. The largest absolute Gasteiger partial charge is 0.481 e. The molecule has 8 N–H and O–H groups in total. The minimum absolute atomic E-state index is 0. The number of aliphatic carboxylic acids is 1. The van der Waals surface area contributed by atoms with Crippen LogP contribution in [-0.2, 0) is 33.3 Å². The third-order valence-corrected chi connectivity index (χ3v) is 12.5. The molecule has 2 aliphatic rings. The van der Waals surface area contributed by atoms with Crippen molar-refractivity contribution in [1.29, 1.82) is 0 Å². The molecule has 2 fully saturated rings. The highest BCUT2D eigenvalue weighted by Crippen LogP contribution is 2.54. The van der Waals surface area contributed by atoms with Gasteiger partial charge in [-0.05, 0) is 100 Å². The van der Waals surface area contributed by atoms with E-state index in [-0.39, 0.29) is 48.1 Å². The lowest BCUT2D eigenvalue weighted by Crippen LogP contribution is -2.42. The van der Waals surface area contributed by atoms with Gasteiger partial charge in [-0.1, -0.05) is 117 Å². The van der Waals surface area contributed by atoms with E-state index < -0.39 is 17.8 Å². The summed E-state index contributed by atoms with van der Waals surface area (Å²) in [6.45, 7) is 5.25. The first-order valence-electron chi connectivity index (χ1n) is 19.6. The van der Waals surface area contributed by atoms with Crippen LogP contribution in [0.2, 0.25) is 10.0 Å². The van der Waals surface area contributed by atoms with Gasteiger partial charge in [0.25, 0.3) is 0 Å². The minimum atomic E-state index is -0.675. The second-order valence-electron chi connectivity index (χ2n) is 16.4. The Bertz CT molecular complexity index is 2090. The fourth-order valence-corrected chi connectivity index (χ4v) is 7.76. The van der Waals surface area contributed by atoms with Crippen LogP contribution in [0.3, 0.4) is 0 Å². The molecule has 0 aliphatic heterocycles. The molecule has 4 aromatic rings. The van der Waals surface area contributed by atoms with Crippen LogP contribution < -0.4 is 22.5 Å². The molecule has 6 atom stereocenters. The number of nitrogens with one attached hydrogen (secondary N) is 1. The van der Waals surface area contributed by atoms with Crippen LogP contribution in [0.5, 0.6) is 0 Å². The standard InChI is InChI=1S/C23H28ClN3O2.C12H18ClN3O.C11H12O2.CH4/c1-23(17-7-5-4-6-8-17)13-19(23)22(29)26-14-18(27(2)3)11-15-9-10-16(21(25)28)12-20(15)24;1-16(2)10(7-14)5-8-3-4-9(12(15)17)6-11(8)13;1-11(7-9(11)10(12)13)8-5-3-2-4-6-8;/h4-10,12,18-19H,11,13-14H2,1-3H3,(H2,25,28)(H,26,29);3-4,6,10H,5,7,14H2,1-2H3,(H2,15,17);2-6,9H,7H2,1H3,(H,12,13);1H4/t18-,19-,23-;10-;9-,11-;/m000./s1. The second-order valence-corrected chi connectivity index (χ2v) is 17.2. The van der Waals surface area contributed by atoms with Crippen LogP contribution in [0.15, 0.2) is 97.1 Å². The third-order valence-electron chi connectivity index (χ3n) is 11.8. The number of nitrogens with zero attached hydrogens (tertiary/aromatic N) is 2. The first kappa shape index (κ1) is 49.6. The molecular formula is C47H62Cl2N6O5. The van der Waals surface area contributed by atoms with Gasteiger partial charge in [-0.3, -0.25) is 19.2 Å². The summed E-state index contributed by atoms with van der Waals surface area (Å²) in [4.78, 5) is 49.9. The van der Waals surface area contributed by atoms with Crippen LogP contribution >= 0.6 is 23.2 Å². The molecule has 4 aromatic carbocycles. The average Bonchev–Trinajstić information content (AvgIpc) is 4.11. The molecule has 0 bridgehead atoms. The molecule has 13 heteroatoms. The number of amides is 3. The SMILES string of the molecule is C.CN(C)[C@H](CN)Cc1ccc(C(N)=O)cc1Cl.CN(C)[C@H](CNC(=O)[C@@H]1C[C@@]1(C)c1ccccc1)Cc1ccc(C(N)=O)cc1Cl.C[C@@]1(c2ccccc2)C[C@H]1C(=O)O. The van der Waals surface area contributed by atoms with Crippen molar-refractivity contribution in [2.75, 3.05) is 41.3 Å². The Kier molecular flexibility index (Phi) is 17.9. The zero-order valence-corrected chi connectivity index (χ0v) is 36.3. The van der Waals surface area contributed by atoms with Crippen molar-refractivity contribution >= 4 is 46.9 Å². The van der Waals surface area contributed by atoms with Gasteiger partial charge in [-0.2, -0.15) is 0 Å². The minimum Gasteiger partial charge on any atom is -0.481 e. The summed E-state index contributed by atoms with van der Waals surface area (Å²) in [5.74, 6) is -1.73. The number of carbonyl (C=O) groups excluding carboxylic acids is 3. The summed E-state index contributed by atoms with van der Waals surface area (Å²) in [5, 5.41) is 13.0. The number of carboxylic acid groups (broad SMARTS) is 1. The highest BCUT2D eigenvalue weighted by atomic mass is 35.5. The Morgan fingerprint density at radius 2 is 1.10 bits per heavy atom. The fourth-order valence-electron chi connectivity index (χ4n) is 7.24. The second kappa shape index (κ2) is 21.7. The van der Waals surface area contributed by atoms with E-state index in [2.05, 4.69) is 34.2 Å². The number of nitrogens with two attached hydrogens (primary N) is 3. The monoisotopic (exact) mass is 860 g/mol. The number of halogens is 2. The van der Waals surface area contributed by atoms with Crippen LogP contribution in [0, 0.1) is 11.8 Å². The maximum atomic E-state index is 12.8. The van der Waals surface area contributed by atoms with Crippen molar-refractivity contribution in [3.63, 3.8) is 0 Å². The first-order chi connectivity index (χ1) is 27.8. The Balaban J connectivity index is 0.000000262. The summed E-state index contributed by atoms with van der Waals surface area (Å²) >= 11 is 12.4. The molecule has 0 unspecified atom stereocenters. The van der Waals surface area contributed by atoms with Gasteiger partial charge in [0.05, 0.1) is 5.92 Å². The number of carboxylic acids is 1. The molecule has 0 saturated heterocycles. The molecule has 11 nitrogen and oxygen atoms in total. The first-order valence-corrected chi connectivity index (χ1v) is 20.4. The van der Waals surface area contributed by atoms with Crippen molar-refractivity contribution < 1.29 is 24.3 Å². The molecule has 60 heavy (non-hydrogen) atoms. The molecule has 2 aliphatic carbocycles. The molecular weight excluding hydrogens is 799 g/mol. The van der Waals surface area contributed by atoms with Crippen LogP contribution in [-0.4, -0.2) is 92.0 Å². The van der Waals surface area contributed by atoms with E-state index in [9.17, 15) is 19.2 Å². The van der Waals surface area contributed by atoms with E-state index in [1.165, 1.54) is 5.56 Å². The molecule has 0 aromatic heterocycles. The molecule has 6 rings (SSSR count). The van der Waals surface area contributed by atoms with Gasteiger partial charge in [0.15, 0.2) is 0 Å². The lowest BCUT2D eigenvalue weighted by atomic mass is 9.95. The Labute approximate surface area is 365 Å². The summed E-state index contributed by atoms with van der Waals surface area (Å²) in [7, 11) is 7.91. The number of likely N-dealkylation sites (N-methyl/N-ethyl adjacent to an activating group) is 2. The zero-order chi connectivity index (χ0) is 43.7. The normalized spacial score (nSPS) is 20.9. The van der Waals surface area contributed by atoms with Gasteiger partial charge in [-0.25, -0.2) is 0 Å². The van der Waals surface area contributed by atoms with E-state index in [0.29, 0.717) is 40.7 Å². The third kappa shape index (κ3) is 12.9. The average molecular weight is 862 g/mol. The molecule has 3 amide bonds. The lowest BCUT2D eigenvalue weighted by Gasteiger charge is -2.25. The summed E-state index contributed by atoms with van der Waals surface area (Å²) in [6, 6.07) is 30.6. The van der Waals surface area contributed by atoms with Gasteiger partial charge in [0.1, 0.15) is 0 Å². The van der Waals surface area contributed by atoms with E-state index in [4.69, 9.17) is 45.5 Å². The lowest BCUT2D eigenvalue weighted by molar-refractivity contribution is -0.139. The predicted molar refractivity (Wildman–Crippen MR) is 243 cm³/mol. The van der Waals surface area contributed by atoms with Crippen molar-refractivity contribution in [2.24, 2.45) is 29.0 Å². The summed E-state index contributed by atoms with van der Waals surface area (Å²) in [5.41, 5.74) is 21.1. The van der Waals surface area contributed by atoms with Crippen LogP contribution in [0.25, 0.3) is 0 Å². The zero-order valence-electron chi connectivity index (χ0n) is 34.8. The van der Waals surface area contributed by atoms with Crippen molar-refractivity contribution in [3.8, 4) is 0 Å². The maximum Gasteiger partial charge on any atom is 0.307 e. The molecule has 0 heterocycles. The number of primary amides is 2. The van der Waals surface area contributed by atoms with E-state index in [0.717, 1.165) is 36.0 Å². The fraction of sp³-hybridized carbons (Fsp3) is 0.404. The summed E-state index contributed by atoms with van der Waals surface area (Å²) < 4.78 is 0. The number of hydrogen-bond acceptors (Lipinski definition) is 7. The summed E-state index contributed by atoms with van der Waals surface area (Å²) in [6.07, 6.45) is 3.05. The van der Waals surface area contributed by atoms with Gasteiger partial charge in [0, 0.05) is 63.1 Å². The van der Waals surface area contributed by atoms with E-state index in [1.807, 2.05) is 95.8 Å². The topological polar surface area (TPSA) is 185 Å². The number of hydrogen-bond donors (Lipinski definition) is 5. The Hall–Kier alpha value is -4.78. The predicted octanol–water partition coefficient (Wildman–Crippen LogP) is 6.56. The number of carbonyl (C=O) groups is 4. The van der Waals surface area contributed by atoms with Crippen molar-refractivity contribution in [1.82, 2.24) is 15.1 Å². The molecule has 0 spiro atoms. The molecule has 0 radical (unpaired) electrons. The van der Waals surface area contributed by atoms with Crippen molar-refractivity contribution in [3.05, 3.63) is 140 Å². The Morgan fingerprint density at radius 1 is 0.700 bits per heavy atom. The maximum absolute atomic E-state index is 12.8. The van der Waals surface area contributed by atoms with Crippen molar-refractivity contribution in [2.45, 2.75) is 69.9 Å². The quantitative estimate of drug-likeness (QED) is 0.0890. The molecule has 2 saturated carbocycles. The van der Waals surface area contributed by atoms with Gasteiger partial charge >= 0.3 is 5.97 Å². The van der Waals surface area contributed by atoms with Crippen LogP contribution in [0.4, 0.5) is 0 Å². The highest BCUT2D eigenvalue weighted by molar-refractivity contribution is 6.32. The van der Waals surface area contributed by atoms with Gasteiger partial charge in [0.2, 0.25) is 17.7 Å². The van der Waals surface area contributed by atoms with Crippen LogP contribution in [0.1, 0.15) is 77.1 Å².